The molecule has 0 fully saturated rings. The van der Waals surface area contributed by atoms with E-state index in [0.29, 0.717) is 23.7 Å². The van der Waals surface area contributed by atoms with Gasteiger partial charge < -0.3 is 15.0 Å². The lowest BCUT2D eigenvalue weighted by Gasteiger charge is -2.31. The third kappa shape index (κ3) is 7.00. The molecule has 0 aliphatic carbocycles. The minimum absolute atomic E-state index is 0.0477. The van der Waals surface area contributed by atoms with Crippen molar-refractivity contribution in [1.82, 2.24) is 10.2 Å². The minimum Gasteiger partial charge on any atom is -0.484 e. The summed E-state index contributed by atoms with van der Waals surface area (Å²) in [5.74, 6) is 0.212. The maximum atomic E-state index is 13.2. The Morgan fingerprint density at radius 1 is 1.06 bits per heavy atom. The lowest BCUT2D eigenvalue weighted by atomic mass is 10.1. The predicted molar refractivity (Wildman–Crippen MR) is 125 cm³/mol. The van der Waals surface area contributed by atoms with Crippen molar-refractivity contribution < 1.29 is 14.3 Å². The van der Waals surface area contributed by atoms with E-state index in [4.69, 9.17) is 16.3 Å². The highest BCUT2D eigenvalue weighted by Crippen LogP contribution is 2.26. The van der Waals surface area contributed by atoms with Gasteiger partial charge in [0.05, 0.1) is 0 Å². The molecule has 2 rings (SSSR count). The smallest absolute Gasteiger partial charge is 0.261 e. The Labute approximate surface area is 190 Å². The van der Waals surface area contributed by atoms with E-state index >= 15 is 0 Å². The van der Waals surface area contributed by atoms with Crippen molar-refractivity contribution in [3.63, 3.8) is 0 Å². The second-order valence-corrected chi connectivity index (χ2v) is 8.29. The van der Waals surface area contributed by atoms with Gasteiger partial charge in [0.15, 0.2) is 6.61 Å². The summed E-state index contributed by atoms with van der Waals surface area (Å²) in [4.78, 5) is 27.7. The maximum Gasteiger partial charge on any atom is 0.261 e. The summed E-state index contributed by atoms with van der Waals surface area (Å²) < 4.78 is 5.80. The molecule has 0 saturated heterocycles. The maximum absolute atomic E-state index is 13.2. The van der Waals surface area contributed by atoms with Gasteiger partial charge in [-0.25, -0.2) is 0 Å². The summed E-state index contributed by atoms with van der Waals surface area (Å²) >= 11 is 6.23. The average molecular weight is 445 g/mol. The Bertz CT molecular complexity index is 863. The zero-order valence-electron chi connectivity index (χ0n) is 19.1. The Balaban J connectivity index is 2.21. The van der Waals surface area contributed by atoms with Crippen LogP contribution in [0, 0.1) is 13.8 Å². The van der Waals surface area contributed by atoms with Gasteiger partial charge in [0, 0.05) is 17.6 Å². The van der Waals surface area contributed by atoms with E-state index in [9.17, 15) is 9.59 Å². The molecule has 0 aliphatic rings. The molecule has 2 atom stereocenters. The van der Waals surface area contributed by atoms with Crippen LogP contribution in [-0.4, -0.2) is 35.4 Å². The molecule has 0 heterocycles. The van der Waals surface area contributed by atoms with Crippen molar-refractivity contribution >= 4 is 23.4 Å². The number of nitrogens with one attached hydrogen (secondary N) is 1. The molecule has 168 valence electrons. The fraction of sp³-hybridized carbons (Fsp3) is 0.440. The first kappa shape index (κ1) is 24.7. The van der Waals surface area contributed by atoms with Crippen LogP contribution in [0.3, 0.4) is 0 Å². The Morgan fingerprint density at radius 2 is 1.68 bits per heavy atom. The van der Waals surface area contributed by atoms with Gasteiger partial charge in [-0.2, -0.15) is 0 Å². The number of aryl methyl sites for hydroxylation is 2. The number of ether oxygens (including phenoxy) is 1. The van der Waals surface area contributed by atoms with Gasteiger partial charge in [-0.3, -0.25) is 9.59 Å². The van der Waals surface area contributed by atoms with E-state index in [-0.39, 0.29) is 24.5 Å². The fourth-order valence-electron chi connectivity index (χ4n) is 3.36. The fourth-order valence-corrected chi connectivity index (χ4v) is 3.47. The number of amides is 2. The van der Waals surface area contributed by atoms with Crippen LogP contribution in [0.25, 0.3) is 0 Å². The van der Waals surface area contributed by atoms with Crippen molar-refractivity contribution in [1.29, 1.82) is 0 Å². The third-order valence-electron chi connectivity index (χ3n) is 5.35. The topological polar surface area (TPSA) is 58.6 Å². The highest BCUT2D eigenvalue weighted by atomic mass is 35.5. The van der Waals surface area contributed by atoms with Crippen molar-refractivity contribution in [3.05, 3.63) is 64.2 Å². The lowest BCUT2D eigenvalue weighted by Crippen LogP contribution is -2.51. The average Bonchev–Trinajstić information content (AvgIpc) is 2.76. The van der Waals surface area contributed by atoms with Gasteiger partial charge in [0.1, 0.15) is 11.8 Å². The van der Waals surface area contributed by atoms with Crippen molar-refractivity contribution in [3.8, 4) is 5.75 Å². The van der Waals surface area contributed by atoms with Gasteiger partial charge in [-0.15, -0.1) is 0 Å². The SMILES string of the molecule is CC[C@H](C)NC(=O)[C@H](CC)N(Cc1ccccc1)C(=O)COc1cc(C)c(Cl)c(C)c1. The van der Waals surface area contributed by atoms with Gasteiger partial charge in [0.2, 0.25) is 5.91 Å². The van der Waals surface area contributed by atoms with Crippen LogP contribution >= 0.6 is 11.6 Å². The number of hydrogen-bond acceptors (Lipinski definition) is 3. The monoisotopic (exact) mass is 444 g/mol. The highest BCUT2D eigenvalue weighted by molar-refractivity contribution is 6.32. The molecular weight excluding hydrogens is 412 g/mol. The quantitative estimate of drug-likeness (QED) is 0.557. The molecule has 2 amide bonds. The van der Waals surface area contributed by atoms with Crippen LogP contribution in [0.2, 0.25) is 5.02 Å². The normalized spacial score (nSPS) is 12.7. The lowest BCUT2D eigenvalue weighted by molar-refractivity contribution is -0.143. The standard InChI is InChI=1S/C25H33ClN2O3/c1-6-19(5)27-25(30)22(7-2)28(15-20-11-9-8-10-12-20)23(29)16-31-21-13-17(3)24(26)18(4)14-21/h8-14,19,22H,6-7,15-16H2,1-5H3,(H,27,30)/t19-,22-/m0/s1. The summed E-state index contributed by atoms with van der Waals surface area (Å²) in [5.41, 5.74) is 2.75. The number of hydrogen-bond donors (Lipinski definition) is 1. The van der Waals surface area contributed by atoms with E-state index in [1.165, 1.54) is 0 Å². The molecule has 0 saturated carbocycles. The van der Waals surface area contributed by atoms with E-state index in [1.54, 1.807) is 4.90 Å². The first-order valence-electron chi connectivity index (χ1n) is 10.8. The van der Waals surface area contributed by atoms with Crippen molar-refractivity contribution in [2.24, 2.45) is 0 Å². The van der Waals surface area contributed by atoms with Crippen LogP contribution < -0.4 is 10.1 Å². The molecule has 0 radical (unpaired) electrons. The van der Waals surface area contributed by atoms with Crippen LogP contribution in [0.1, 0.15) is 50.3 Å². The Morgan fingerprint density at radius 3 is 2.23 bits per heavy atom. The number of nitrogens with zero attached hydrogens (tertiary/aromatic N) is 1. The second-order valence-electron chi connectivity index (χ2n) is 7.91. The van der Waals surface area contributed by atoms with Crippen LogP contribution in [0.15, 0.2) is 42.5 Å². The second kappa shape index (κ2) is 11.8. The van der Waals surface area contributed by atoms with E-state index in [2.05, 4.69) is 5.32 Å². The molecule has 2 aromatic carbocycles. The molecule has 0 aliphatic heterocycles. The molecule has 5 nitrogen and oxygen atoms in total. The summed E-state index contributed by atoms with van der Waals surface area (Å²) in [7, 11) is 0. The third-order valence-corrected chi connectivity index (χ3v) is 5.95. The number of halogens is 1. The number of rotatable bonds is 10. The molecule has 1 N–H and O–H groups in total. The van der Waals surface area contributed by atoms with Crippen LogP contribution in [0.4, 0.5) is 0 Å². The highest BCUT2D eigenvalue weighted by Gasteiger charge is 2.29. The van der Waals surface area contributed by atoms with E-state index in [0.717, 1.165) is 23.1 Å². The van der Waals surface area contributed by atoms with E-state index in [1.807, 2.05) is 77.1 Å². The summed E-state index contributed by atoms with van der Waals surface area (Å²) in [6, 6.07) is 12.8. The first-order valence-corrected chi connectivity index (χ1v) is 11.2. The summed E-state index contributed by atoms with van der Waals surface area (Å²) in [6.45, 7) is 9.88. The summed E-state index contributed by atoms with van der Waals surface area (Å²) in [6.07, 6.45) is 1.34. The van der Waals surface area contributed by atoms with E-state index < -0.39 is 6.04 Å². The van der Waals surface area contributed by atoms with Gasteiger partial charge in [-0.05, 0) is 62.4 Å². The predicted octanol–water partition coefficient (Wildman–Crippen LogP) is 5.06. The number of carbonyl (C=O) groups excluding carboxylic acids is 2. The van der Waals surface area contributed by atoms with Crippen LogP contribution in [0.5, 0.6) is 5.75 Å². The molecule has 0 aromatic heterocycles. The zero-order valence-corrected chi connectivity index (χ0v) is 19.8. The Kier molecular flexibility index (Phi) is 9.38. The molecular formula is C25H33ClN2O3. The molecule has 2 aromatic rings. The zero-order chi connectivity index (χ0) is 23.0. The molecule has 6 heteroatoms. The van der Waals surface area contributed by atoms with Crippen molar-refractivity contribution in [2.45, 2.75) is 66.1 Å². The Hall–Kier alpha value is -2.53. The molecule has 31 heavy (non-hydrogen) atoms. The summed E-state index contributed by atoms with van der Waals surface area (Å²) in [5, 5.41) is 3.70. The molecule has 0 bridgehead atoms. The first-order chi connectivity index (χ1) is 14.8. The number of benzene rings is 2. The van der Waals surface area contributed by atoms with Gasteiger partial charge in [-0.1, -0.05) is 55.8 Å². The van der Waals surface area contributed by atoms with Gasteiger partial charge >= 0.3 is 0 Å². The largest absolute Gasteiger partial charge is 0.484 e. The molecule has 0 unspecified atom stereocenters. The van der Waals surface area contributed by atoms with Crippen molar-refractivity contribution in [2.75, 3.05) is 6.61 Å². The molecule has 0 spiro atoms. The van der Waals surface area contributed by atoms with Crippen LogP contribution in [-0.2, 0) is 16.1 Å². The number of carbonyl (C=O) groups is 2. The minimum atomic E-state index is -0.570. The van der Waals surface area contributed by atoms with Gasteiger partial charge in [0.25, 0.3) is 5.91 Å².